The molecule has 5 nitrogen and oxygen atoms in total. The van der Waals surface area contributed by atoms with E-state index in [9.17, 15) is 0 Å². The Morgan fingerprint density at radius 3 is 2.85 bits per heavy atom. The summed E-state index contributed by atoms with van der Waals surface area (Å²) in [5.74, 6) is 0.925. The SMILES string of the molecule is Cc1[nH]nc2c(N3CCc4ccccc4C3)ncnc12. The molecule has 20 heavy (non-hydrogen) atoms. The zero-order valence-corrected chi connectivity index (χ0v) is 11.3. The van der Waals surface area contributed by atoms with Gasteiger partial charge in [-0.2, -0.15) is 5.10 Å². The summed E-state index contributed by atoms with van der Waals surface area (Å²) in [5.41, 5.74) is 5.57. The first-order valence-corrected chi connectivity index (χ1v) is 6.80. The van der Waals surface area contributed by atoms with Crippen LogP contribution >= 0.6 is 0 Å². The largest absolute Gasteiger partial charge is 0.350 e. The van der Waals surface area contributed by atoms with Crippen molar-refractivity contribution >= 4 is 16.9 Å². The molecule has 0 saturated carbocycles. The lowest BCUT2D eigenvalue weighted by Crippen LogP contribution is -2.31. The predicted molar refractivity (Wildman–Crippen MR) is 77.6 cm³/mol. The Balaban J connectivity index is 1.78. The van der Waals surface area contributed by atoms with E-state index in [1.165, 1.54) is 11.1 Å². The highest BCUT2D eigenvalue weighted by Gasteiger charge is 2.20. The van der Waals surface area contributed by atoms with Crippen LogP contribution in [0.15, 0.2) is 30.6 Å². The molecule has 3 heterocycles. The molecule has 0 atom stereocenters. The van der Waals surface area contributed by atoms with Gasteiger partial charge in [0.2, 0.25) is 0 Å². The van der Waals surface area contributed by atoms with E-state index < -0.39 is 0 Å². The number of aryl methyl sites for hydroxylation is 1. The zero-order valence-electron chi connectivity index (χ0n) is 11.3. The fourth-order valence-corrected chi connectivity index (χ4v) is 2.85. The minimum absolute atomic E-state index is 0.865. The summed E-state index contributed by atoms with van der Waals surface area (Å²) in [7, 11) is 0. The molecule has 0 unspecified atom stereocenters. The number of rotatable bonds is 1. The van der Waals surface area contributed by atoms with Gasteiger partial charge in [0, 0.05) is 13.1 Å². The highest BCUT2D eigenvalue weighted by atomic mass is 15.2. The van der Waals surface area contributed by atoms with Gasteiger partial charge >= 0.3 is 0 Å². The second kappa shape index (κ2) is 4.30. The molecular formula is C15H15N5. The van der Waals surface area contributed by atoms with Crippen molar-refractivity contribution in [3.8, 4) is 0 Å². The Bertz CT molecular complexity index is 777. The summed E-state index contributed by atoms with van der Waals surface area (Å²) >= 11 is 0. The van der Waals surface area contributed by atoms with E-state index in [1.807, 2.05) is 6.92 Å². The number of aromatic amines is 1. The molecule has 1 aliphatic heterocycles. The van der Waals surface area contributed by atoms with Gasteiger partial charge < -0.3 is 4.90 Å². The third kappa shape index (κ3) is 1.66. The molecule has 100 valence electrons. The van der Waals surface area contributed by atoms with Gasteiger partial charge in [0.15, 0.2) is 11.3 Å². The van der Waals surface area contributed by atoms with Crippen molar-refractivity contribution < 1.29 is 0 Å². The molecule has 2 aromatic heterocycles. The highest BCUT2D eigenvalue weighted by Crippen LogP contribution is 2.27. The Hall–Kier alpha value is -2.43. The number of hydrogen-bond acceptors (Lipinski definition) is 4. The van der Waals surface area contributed by atoms with Gasteiger partial charge in [-0.15, -0.1) is 0 Å². The van der Waals surface area contributed by atoms with Crippen LogP contribution in [0.2, 0.25) is 0 Å². The van der Waals surface area contributed by atoms with E-state index in [-0.39, 0.29) is 0 Å². The number of H-pyrrole nitrogens is 1. The Morgan fingerprint density at radius 2 is 1.95 bits per heavy atom. The van der Waals surface area contributed by atoms with E-state index >= 15 is 0 Å². The quantitative estimate of drug-likeness (QED) is 0.733. The van der Waals surface area contributed by atoms with Crippen molar-refractivity contribution in [2.24, 2.45) is 0 Å². The second-order valence-corrected chi connectivity index (χ2v) is 5.18. The van der Waals surface area contributed by atoms with Crippen LogP contribution in [0.25, 0.3) is 11.0 Å². The summed E-state index contributed by atoms with van der Waals surface area (Å²) in [5, 5.41) is 7.35. The van der Waals surface area contributed by atoms with Gasteiger partial charge in [0.25, 0.3) is 0 Å². The number of aromatic nitrogens is 4. The first-order valence-electron chi connectivity index (χ1n) is 6.80. The van der Waals surface area contributed by atoms with Crippen molar-refractivity contribution in [3.63, 3.8) is 0 Å². The smallest absolute Gasteiger partial charge is 0.160 e. The fourth-order valence-electron chi connectivity index (χ4n) is 2.85. The van der Waals surface area contributed by atoms with Crippen molar-refractivity contribution in [2.45, 2.75) is 19.9 Å². The van der Waals surface area contributed by atoms with Crippen LogP contribution in [0, 0.1) is 6.92 Å². The van der Waals surface area contributed by atoms with E-state index in [4.69, 9.17) is 0 Å². The fraction of sp³-hybridized carbons (Fsp3) is 0.267. The van der Waals surface area contributed by atoms with E-state index in [0.717, 1.165) is 42.1 Å². The third-order valence-electron chi connectivity index (χ3n) is 3.92. The van der Waals surface area contributed by atoms with Crippen LogP contribution < -0.4 is 4.90 Å². The maximum atomic E-state index is 4.45. The number of anilines is 1. The molecule has 0 radical (unpaired) electrons. The molecule has 5 heteroatoms. The second-order valence-electron chi connectivity index (χ2n) is 5.18. The molecule has 0 amide bonds. The van der Waals surface area contributed by atoms with Crippen molar-refractivity contribution in [1.29, 1.82) is 0 Å². The van der Waals surface area contributed by atoms with Crippen LogP contribution in [-0.4, -0.2) is 26.7 Å². The van der Waals surface area contributed by atoms with Gasteiger partial charge in [-0.1, -0.05) is 24.3 Å². The molecule has 1 N–H and O–H groups in total. The third-order valence-corrected chi connectivity index (χ3v) is 3.92. The molecular weight excluding hydrogens is 250 g/mol. The lowest BCUT2D eigenvalue weighted by molar-refractivity contribution is 0.722. The number of nitrogens with one attached hydrogen (secondary N) is 1. The van der Waals surface area contributed by atoms with Crippen molar-refractivity contribution in [1.82, 2.24) is 20.2 Å². The van der Waals surface area contributed by atoms with Crippen LogP contribution in [0.5, 0.6) is 0 Å². The van der Waals surface area contributed by atoms with Crippen molar-refractivity contribution in [3.05, 3.63) is 47.4 Å². The lowest BCUT2D eigenvalue weighted by Gasteiger charge is -2.29. The normalized spacial score (nSPS) is 14.6. The number of hydrogen-bond donors (Lipinski definition) is 1. The molecule has 0 bridgehead atoms. The summed E-state index contributed by atoms with van der Waals surface area (Å²) in [4.78, 5) is 11.0. The maximum Gasteiger partial charge on any atom is 0.160 e. The topological polar surface area (TPSA) is 57.7 Å². The van der Waals surface area contributed by atoms with Crippen LogP contribution in [-0.2, 0) is 13.0 Å². The van der Waals surface area contributed by atoms with Crippen molar-refractivity contribution in [2.75, 3.05) is 11.4 Å². The summed E-state index contributed by atoms with van der Waals surface area (Å²) in [6.07, 6.45) is 2.67. The summed E-state index contributed by atoms with van der Waals surface area (Å²) in [6.45, 7) is 3.83. The number of fused-ring (bicyclic) bond motifs is 2. The van der Waals surface area contributed by atoms with Gasteiger partial charge in [-0.05, 0) is 24.5 Å². The maximum absolute atomic E-state index is 4.45. The Morgan fingerprint density at radius 1 is 1.10 bits per heavy atom. The average Bonchev–Trinajstić information content (AvgIpc) is 2.88. The Kier molecular flexibility index (Phi) is 2.45. The summed E-state index contributed by atoms with van der Waals surface area (Å²) in [6, 6.07) is 8.60. The average molecular weight is 265 g/mol. The number of nitrogens with zero attached hydrogens (tertiary/aromatic N) is 4. The highest BCUT2D eigenvalue weighted by molar-refractivity contribution is 5.87. The molecule has 1 aromatic carbocycles. The predicted octanol–water partition coefficient (Wildman–Crippen LogP) is 2.22. The van der Waals surface area contributed by atoms with Gasteiger partial charge in [-0.3, -0.25) is 5.10 Å². The molecule has 1 aliphatic rings. The molecule has 0 aliphatic carbocycles. The summed E-state index contributed by atoms with van der Waals surface area (Å²) < 4.78 is 0. The lowest BCUT2D eigenvalue weighted by atomic mass is 10.00. The molecule has 3 aromatic rings. The van der Waals surface area contributed by atoms with Gasteiger partial charge in [-0.25, -0.2) is 9.97 Å². The Labute approximate surface area is 116 Å². The van der Waals surface area contributed by atoms with Crippen LogP contribution in [0.4, 0.5) is 5.82 Å². The van der Waals surface area contributed by atoms with Crippen LogP contribution in [0.3, 0.4) is 0 Å². The standard InChI is InChI=1S/C15H15N5/c1-10-13-14(19-18-10)15(17-9-16-13)20-7-6-11-4-2-3-5-12(11)8-20/h2-5,9H,6-8H2,1H3,(H,18,19). The van der Waals surface area contributed by atoms with Gasteiger partial charge in [0.1, 0.15) is 11.8 Å². The number of benzene rings is 1. The van der Waals surface area contributed by atoms with E-state index in [1.54, 1.807) is 6.33 Å². The molecule has 0 fully saturated rings. The first kappa shape index (κ1) is 11.4. The zero-order chi connectivity index (χ0) is 13.5. The molecule has 0 spiro atoms. The van der Waals surface area contributed by atoms with Gasteiger partial charge in [0.05, 0.1) is 5.69 Å². The first-order chi connectivity index (χ1) is 9.83. The van der Waals surface area contributed by atoms with Crippen LogP contribution in [0.1, 0.15) is 16.8 Å². The van der Waals surface area contributed by atoms with E-state index in [2.05, 4.69) is 49.3 Å². The minimum Gasteiger partial charge on any atom is -0.350 e. The molecule has 0 saturated heterocycles. The van der Waals surface area contributed by atoms with E-state index in [0.29, 0.717) is 0 Å². The molecule has 4 rings (SSSR count). The minimum atomic E-state index is 0.865. The monoisotopic (exact) mass is 265 g/mol.